The van der Waals surface area contributed by atoms with E-state index in [2.05, 4.69) is 24.4 Å². The summed E-state index contributed by atoms with van der Waals surface area (Å²) in [5, 5.41) is 6.28. The van der Waals surface area contributed by atoms with E-state index < -0.39 is 0 Å². The summed E-state index contributed by atoms with van der Waals surface area (Å²) in [5.41, 5.74) is 6.74. The van der Waals surface area contributed by atoms with E-state index in [0.29, 0.717) is 18.0 Å². The van der Waals surface area contributed by atoms with Crippen LogP contribution in [-0.2, 0) is 6.54 Å². The van der Waals surface area contributed by atoms with Crippen LogP contribution < -0.4 is 10.3 Å². The minimum atomic E-state index is -0.232. The maximum Gasteiger partial charge on any atom is 0.271 e. The molecule has 0 saturated heterocycles. The highest BCUT2D eigenvalue weighted by atomic mass is 16.2. The second-order valence-corrected chi connectivity index (χ2v) is 8.49. The molecule has 0 saturated carbocycles. The molecular formula is C26H27N3O2. The third-order valence-electron chi connectivity index (χ3n) is 5.64. The number of nitrogens with zero attached hydrogens (tertiary/aromatic N) is 2. The molecule has 0 aliphatic carbocycles. The fourth-order valence-electron chi connectivity index (χ4n) is 3.84. The van der Waals surface area contributed by atoms with Gasteiger partial charge >= 0.3 is 0 Å². The Morgan fingerprint density at radius 2 is 1.74 bits per heavy atom. The van der Waals surface area contributed by atoms with Crippen molar-refractivity contribution in [1.82, 2.24) is 5.43 Å². The Morgan fingerprint density at radius 3 is 2.45 bits per heavy atom. The van der Waals surface area contributed by atoms with Crippen LogP contribution in [0.4, 0.5) is 5.69 Å². The molecule has 3 aromatic rings. The van der Waals surface area contributed by atoms with Crippen molar-refractivity contribution in [2.45, 2.75) is 40.2 Å². The van der Waals surface area contributed by atoms with Crippen molar-refractivity contribution in [3.8, 4) is 0 Å². The first-order valence-electron chi connectivity index (χ1n) is 10.7. The van der Waals surface area contributed by atoms with E-state index in [9.17, 15) is 9.59 Å². The number of hydrazone groups is 1. The monoisotopic (exact) mass is 413 g/mol. The molecule has 0 atom stereocenters. The second kappa shape index (κ2) is 8.72. The number of hydrogen-bond acceptors (Lipinski definition) is 3. The minimum Gasteiger partial charge on any atom is -0.303 e. The smallest absolute Gasteiger partial charge is 0.271 e. The zero-order valence-corrected chi connectivity index (χ0v) is 18.2. The lowest BCUT2D eigenvalue weighted by molar-refractivity contribution is 0.0952. The molecule has 0 fully saturated rings. The molecule has 4 rings (SSSR count). The summed E-state index contributed by atoms with van der Waals surface area (Å²) >= 11 is 0. The maximum atomic E-state index is 12.9. The van der Waals surface area contributed by atoms with Gasteiger partial charge in [-0.15, -0.1) is 0 Å². The Balaban J connectivity index is 1.44. The highest BCUT2D eigenvalue weighted by Gasteiger charge is 2.29. The van der Waals surface area contributed by atoms with Gasteiger partial charge in [0.05, 0.1) is 12.2 Å². The van der Waals surface area contributed by atoms with Gasteiger partial charge in [0.2, 0.25) is 0 Å². The first-order valence-corrected chi connectivity index (χ1v) is 10.7. The predicted molar refractivity (Wildman–Crippen MR) is 126 cm³/mol. The van der Waals surface area contributed by atoms with Gasteiger partial charge in [-0.1, -0.05) is 50.2 Å². The van der Waals surface area contributed by atoms with Crippen LogP contribution in [0.5, 0.6) is 0 Å². The van der Waals surface area contributed by atoms with Gasteiger partial charge in [0.1, 0.15) is 0 Å². The highest BCUT2D eigenvalue weighted by molar-refractivity contribution is 6.24. The molecule has 1 N–H and O–H groups in total. The van der Waals surface area contributed by atoms with Crippen LogP contribution in [-0.4, -0.2) is 17.5 Å². The fraction of sp³-hybridized carbons (Fsp3) is 0.269. The Bertz CT molecular complexity index is 1160. The molecule has 0 aromatic heterocycles. The van der Waals surface area contributed by atoms with Gasteiger partial charge in [-0.2, -0.15) is 5.10 Å². The lowest BCUT2D eigenvalue weighted by Gasteiger charge is -2.18. The molecule has 0 bridgehead atoms. The number of nitrogens with one attached hydrogen (secondary N) is 1. The minimum absolute atomic E-state index is 0.0137. The Labute approximate surface area is 182 Å². The van der Waals surface area contributed by atoms with Crippen LogP contribution in [0.15, 0.2) is 65.8 Å². The molecule has 1 aliphatic rings. The molecule has 31 heavy (non-hydrogen) atoms. The number of amides is 2. The van der Waals surface area contributed by atoms with Gasteiger partial charge in [0, 0.05) is 22.2 Å². The Morgan fingerprint density at radius 1 is 1.03 bits per heavy atom. The second-order valence-electron chi connectivity index (χ2n) is 8.49. The molecule has 5 heteroatoms. The number of carbonyl (C=O) groups is 2. The van der Waals surface area contributed by atoms with E-state index in [-0.39, 0.29) is 11.8 Å². The molecule has 3 aromatic carbocycles. The molecule has 0 radical (unpaired) electrons. The van der Waals surface area contributed by atoms with Crippen molar-refractivity contribution in [2.24, 2.45) is 11.0 Å². The molecule has 1 heterocycles. The lowest BCUT2D eigenvalue weighted by atomic mass is 10.1. The number of benzene rings is 3. The molecular weight excluding hydrogens is 386 g/mol. The molecule has 158 valence electrons. The van der Waals surface area contributed by atoms with Crippen LogP contribution in [0.3, 0.4) is 0 Å². The summed E-state index contributed by atoms with van der Waals surface area (Å²) in [7, 11) is 0. The Kier molecular flexibility index (Phi) is 5.85. The van der Waals surface area contributed by atoms with E-state index in [0.717, 1.165) is 46.1 Å². The number of rotatable bonds is 7. The highest BCUT2D eigenvalue weighted by Crippen LogP contribution is 2.37. The first kappa shape index (κ1) is 20.8. The molecule has 0 unspecified atom stereocenters. The van der Waals surface area contributed by atoms with Gasteiger partial charge in [-0.05, 0) is 60.9 Å². The van der Waals surface area contributed by atoms with Gasteiger partial charge in [0.15, 0.2) is 0 Å². The summed E-state index contributed by atoms with van der Waals surface area (Å²) < 4.78 is 0. The topological polar surface area (TPSA) is 61.8 Å². The number of carbonyl (C=O) groups excluding carboxylic acids is 2. The maximum absolute atomic E-state index is 12.9. The van der Waals surface area contributed by atoms with E-state index in [4.69, 9.17) is 0 Å². The first-order chi connectivity index (χ1) is 14.9. The van der Waals surface area contributed by atoms with Crippen molar-refractivity contribution in [3.05, 3.63) is 77.4 Å². The average Bonchev–Trinajstić information content (AvgIpc) is 3.04. The van der Waals surface area contributed by atoms with Crippen molar-refractivity contribution in [1.29, 1.82) is 0 Å². The third-order valence-corrected chi connectivity index (χ3v) is 5.64. The predicted octanol–water partition coefficient (Wildman–Crippen LogP) is 5.54. The fourth-order valence-corrected chi connectivity index (χ4v) is 3.84. The van der Waals surface area contributed by atoms with E-state index in [1.807, 2.05) is 55.5 Å². The summed E-state index contributed by atoms with van der Waals surface area (Å²) in [4.78, 5) is 27.1. The van der Waals surface area contributed by atoms with Gasteiger partial charge < -0.3 is 4.90 Å². The van der Waals surface area contributed by atoms with Crippen molar-refractivity contribution >= 4 is 34.0 Å². The van der Waals surface area contributed by atoms with Crippen LogP contribution in [0, 0.1) is 5.92 Å². The van der Waals surface area contributed by atoms with E-state index in [1.165, 1.54) is 0 Å². The van der Waals surface area contributed by atoms with Crippen molar-refractivity contribution in [2.75, 3.05) is 4.90 Å². The van der Waals surface area contributed by atoms with Crippen LogP contribution >= 0.6 is 0 Å². The zero-order chi connectivity index (χ0) is 22.0. The molecule has 0 spiro atoms. The quantitative estimate of drug-likeness (QED) is 0.408. The van der Waals surface area contributed by atoms with Gasteiger partial charge in [-0.3, -0.25) is 9.59 Å². The normalized spacial score (nSPS) is 13.4. The summed E-state index contributed by atoms with van der Waals surface area (Å²) in [5.74, 6) is 0.389. The van der Waals surface area contributed by atoms with Crippen molar-refractivity contribution < 1.29 is 9.59 Å². The molecule has 1 aliphatic heterocycles. The SMILES string of the molecule is CC(CCC(C)C)=NNC(=O)c1ccc(CN2C(=O)c3cccc4cccc2c34)cc1. The van der Waals surface area contributed by atoms with Gasteiger partial charge in [0.25, 0.3) is 11.8 Å². The zero-order valence-electron chi connectivity index (χ0n) is 18.2. The largest absolute Gasteiger partial charge is 0.303 e. The van der Waals surface area contributed by atoms with Crippen LogP contribution in [0.1, 0.15) is 59.9 Å². The molecule has 2 amide bonds. The van der Waals surface area contributed by atoms with E-state index in [1.54, 1.807) is 17.0 Å². The van der Waals surface area contributed by atoms with Crippen molar-refractivity contribution in [3.63, 3.8) is 0 Å². The number of anilines is 1. The summed E-state index contributed by atoms with van der Waals surface area (Å²) in [6, 6.07) is 19.1. The summed E-state index contributed by atoms with van der Waals surface area (Å²) in [6.07, 6.45) is 1.92. The number of hydrogen-bond donors (Lipinski definition) is 1. The van der Waals surface area contributed by atoms with Gasteiger partial charge in [-0.25, -0.2) is 5.43 Å². The third kappa shape index (κ3) is 4.36. The van der Waals surface area contributed by atoms with Crippen LogP contribution in [0.25, 0.3) is 10.8 Å². The van der Waals surface area contributed by atoms with E-state index >= 15 is 0 Å². The summed E-state index contributed by atoms with van der Waals surface area (Å²) in [6.45, 7) is 6.73. The Hall–Kier alpha value is -3.47. The standard InChI is InChI=1S/C26H27N3O2/c1-17(2)10-11-18(3)27-28-25(30)21-14-12-19(13-15-21)16-29-23-9-5-7-20-6-4-8-22(24(20)23)26(29)31/h4-9,12-15,17H,10-11,16H2,1-3H3,(H,28,30). The molecule has 5 nitrogen and oxygen atoms in total. The average molecular weight is 414 g/mol. The van der Waals surface area contributed by atoms with Crippen LogP contribution in [0.2, 0.25) is 0 Å². The lowest BCUT2D eigenvalue weighted by Crippen LogP contribution is -2.26.